The first-order valence-corrected chi connectivity index (χ1v) is 10.2. The first-order valence-electron chi connectivity index (χ1n) is 9.74. The summed E-state index contributed by atoms with van der Waals surface area (Å²) < 4.78 is 10.6. The number of carbonyl (C=O) groups is 1. The molecule has 1 aliphatic rings. The molecule has 0 spiro atoms. The van der Waals surface area contributed by atoms with Gasteiger partial charge in [0.2, 0.25) is 0 Å². The van der Waals surface area contributed by atoms with Gasteiger partial charge in [-0.25, -0.2) is 0 Å². The Balaban J connectivity index is 1.53. The van der Waals surface area contributed by atoms with Gasteiger partial charge in [0, 0.05) is 42.9 Å². The van der Waals surface area contributed by atoms with Crippen LogP contribution in [0.2, 0.25) is 0 Å². The van der Waals surface area contributed by atoms with Crippen LogP contribution in [0.5, 0.6) is 11.5 Å². The van der Waals surface area contributed by atoms with Crippen molar-refractivity contribution in [2.75, 3.05) is 32.6 Å². The average Bonchev–Trinajstić information content (AvgIpc) is 2.79. The molecular formula is C21H24N4O5S. The van der Waals surface area contributed by atoms with E-state index in [-0.39, 0.29) is 23.2 Å². The number of rotatable bonds is 6. The lowest BCUT2D eigenvalue weighted by molar-refractivity contribution is -0.384. The smallest absolute Gasteiger partial charge is 0.270 e. The molecule has 1 amide bonds. The molecule has 1 heterocycles. The van der Waals surface area contributed by atoms with Gasteiger partial charge < -0.3 is 25.0 Å². The third kappa shape index (κ3) is 5.60. The topological polar surface area (TPSA) is 106 Å². The van der Waals surface area contributed by atoms with E-state index < -0.39 is 4.92 Å². The molecule has 0 bridgehead atoms. The number of hydrogen-bond acceptors (Lipinski definition) is 6. The Kier molecular flexibility index (Phi) is 7.24. The molecule has 1 saturated heterocycles. The highest BCUT2D eigenvalue weighted by Crippen LogP contribution is 2.29. The van der Waals surface area contributed by atoms with Crippen LogP contribution in [0.25, 0.3) is 0 Å². The molecule has 1 aliphatic heterocycles. The van der Waals surface area contributed by atoms with Crippen molar-refractivity contribution in [3.05, 3.63) is 58.1 Å². The molecule has 10 heteroatoms. The first kappa shape index (κ1) is 22.3. The average molecular weight is 445 g/mol. The maximum absolute atomic E-state index is 12.5. The van der Waals surface area contributed by atoms with Gasteiger partial charge in [-0.15, -0.1) is 0 Å². The van der Waals surface area contributed by atoms with Crippen LogP contribution in [0.3, 0.4) is 0 Å². The van der Waals surface area contributed by atoms with E-state index >= 15 is 0 Å². The van der Waals surface area contributed by atoms with Gasteiger partial charge in [0.1, 0.15) is 11.5 Å². The second kappa shape index (κ2) is 10.1. The number of anilines is 1. The van der Waals surface area contributed by atoms with E-state index in [1.807, 2.05) is 17.0 Å². The third-order valence-corrected chi connectivity index (χ3v) is 5.45. The van der Waals surface area contributed by atoms with E-state index in [1.54, 1.807) is 26.4 Å². The Morgan fingerprint density at radius 2 is 1.90 bits per heavy atom. The molecule has 0 atom stereocenters. The largest absolute Gasteiger partial charge is 0.497 e. The molecule has 0 aromatic heterocycles. The van der Waals surface area contributed by atoms with Gasteiger partial charge in [0.05, 0.1) is 24.8 Å². The molecule has 2 aromatic carbocycles. The summed E-state index contributed by atoms with van der Waals surface area (Å²) in [7, 11) is 3.17. The summed E-state index contributed by atoms with van der Waals surface area (Å²) in [5, 5.41) is 17.6. The summed E-state index contributed by atoms with van der Waals surface area (Å²) in [6.07, 6.45) is 1.42. The number of hydrogen-bond donors (Lipinski definition) is 2. The van der Waals surface area contributed by atoms with E-state index in [2.05, 4.69) is 10.6 Å². The van der Waals surface area contributed by atoms with Crippen LogP contribution in [-0.4, -0.2) is 54.2 Å². The zero-order valence-corrected chi connectivity index (χ0v) is 18.1. The molecule has 1 fully saturated rings. The standard InChI is InChI=1S/C21H24N4O5S/c1-29-17-6-7-18(19(13-17)30-2)23-21(31)24-10-8-15(9-11-24)22-20(26)14-4-3-5-16(12-14)25(27)28/h3-7,12-13,15H,8-11H2,1-2H3,(H,22,26)(H,23,31). The Hall–Kier alpha value is -3.40. The minimum Gasteiger partial charge on any atom is -0.497 e. The number of piperidine rings is 1. The lowest BCUT2D eigenvalue weighted by Crippen LogP contribution is -2.47. The van der Waals surface area contributed by atoms with Crippen LogP contribution in [0.15, 0.2) is 42.5 Å². The molecule has 0 aliphatic carbocycles. The number of nitrogens with one attached hydrogen (secondary N) is 2. The number of amides is 1. The fraction of sp³-hybridized carbons (Fsp3) is 0.333. The lowest BCUT2D eigenvalue weighted by Gasteiger charge is -2.34. The van der Waals surface area contributed by atoms with Crippen molar-refractivity contribution in [1.82, 2.24) is 10.2 Å². The number of thiocarbonyl (C=S) groups is 1. The Bertz CT molecular complexity index is 976. The normalized spacial score (nSPS) is 13.9. The highest BCUT2D eigenvalue weighted by Gasteiger charge is 2.23. The predicted octanol–water partition coefficient (Wildman–Crippen LogP) is 3.20. The maximum atomic E-state index is 12.5. The molecule has 9 nitrogen and oxygen atoms in total. The highest BCUT2D eigenvalue weighted by atomic mass is 32.1. The van der Waals surface area contributed by atoms with Gasteiger partial charge in [-0.1, -0.05) is 6.07 Å². The molecular weight excluding hydrogens is 420 g/mol. The fourth-order valence-electron chi connectivity index (χ4n) is 3.35. The number of carbonyl (C=O) groups excluding carboxylic acids is 1. The second-order valence-electron chi connectivity index (χ2n) is 7.04. The Morgan fingerprint density at radius 1 is 1.16 bits per heavy atom. The van der Waals surface area contributed by atoms with E-state index in [1.165, 1.54) is 18.2 Å². The summed E-state index contributed by atoms with van der Waals surface area (Å²) in [5.41, 5.74) is 0.919. The number of nitrogens with zero attached hydrogens (tertiary/aromatic N) is 2. The van der Waals surface area contributed by atoms with Crippen molar-refractivity contribution >= 4 is 34.6 Å². The third-order valence-electron chi connectivity index (χ3n) is 5.09. The Labute approximate surface area is 185 Å². The summed E-state index contributed by atoms with van der Waals surface area (Å²) in [6.45, 7) is 1.34. The fourth-order valence-corrected chi connectivity index (χ4v) is 3.64. The van der Waals surface area contributed by atoms with Crippen molar-refractivity contribution in [3.8, 4) is 11.5 Å². The van der Waals surface area contributed by atoms with E-state index in [4.69, 9.17) is 21.7 Å². The molecule has 0 unspecified atom stereocenters. The number of methoxy groups -OCH3 is 2. The summed E-state index contributed by atoms with van der Waals surface area (Å²) in [5.74, 6) is 1.00. The van der Waals surface area contributed by atoms with Crippen LogP contribution in [0, 0.1) is 10.1 Å². The van der Waals surface area contributed by atoms with Crippen LogP contribution in [-0.2, 0) is 0 Å². The van der Waals surface area contributed by atoms with Gasteiger partial charge in [0.25, 0.3) is 11.6 Å². The van der Waals surface area contributed by atoms with Gasteiger partial charge in [-0.3, -0.25) is 14.9 Å². The molecule has 164 valence electrons. The monoisotopic (exact) mass is 444 g/mol. The summed E-state index contributed by atoms with van der Waals surface area (Å²) in [6, 6.07) is 11.1. The molecule has 0 saturated carbocycles. The summed E-state index contributed by atoms with van der Waals surface area (Å²) >= 11 is 5.54. The number of nitro benzene ring substituents is 1. The van der Waals surface area contributed by atoms with E-state index in [9.17, 15) is 14.9 Å². The zero-order valence-electron chi connectivity index (χ0n) is 17.3. The van der Waals surface area contributed by atoms with Crippen molar-refractivity contribution < 1.29 is 19.2 Å². The second-order valence-corrected chi connectivity index (χ2v) is 7.43. The van der Waals surface area contributed by atoms with Crippen LogP contribution in [0.1, 0.15) is 23.2 Å². The SMILES string of the molecule is COc1ccc(NC(=S)N2CCC(NC(=O)c3cccc([N+](=O)[O-])c3)CC2)c(OC)c1. The van der Waals surface area contributed by atoms with Crippen molar-refractivity contribution in [2.45, 2.75) is 18.9 Å². The molecule has 31 heavy (non-hydrogen) atoms. The number of likely N-dealkylation sites (tertiary alicyclic amines) is 1. The molecule has 2 N–H and O–H groups in total. The minimum atomic E-state index is -0.513. The van der Waals surface area contributed by atoms with Gasteiger partial charge in [-0.05, 0) is 43.3 Å². The Morgan fingerprint density at radius 3 is 2.55 bits per heavy atom. The van der Waals surface area contributed by atoms with Crippen LogP contribution < -0.4 is 20.1 Å². The number of benzene rings is 2. The zero-order chi connectivity index (χ0) is 22.4. The summed E-state index contributed by atoms with van der Waals surface area (Å²) in [4.78, 5) is 24.9. The molecule has 2 aromatic rings. The first-order chi connectivity index (χ1) is 14.9. The predicted molar refractivity (Wildman–Crippen MR) is 121 cm³/mol. The van der Waals surface area contributed by atoms with Crippen LogP contribution >= 0.6 is 12.2 Å². The van der Waals surface area contributed by atoms with E-state index in [0.717, 1.165) is 5.69 Å². The van der Waals surface area contributed by atoms with Crippen molar-refractivity contribution in [2.24, 2.45) is 0 Å². The van der Waals surface area contributed by atoms with Gasteiger partial charge >= 0.3 is 0 Å². The van der Waals surface area contributed by atoms with Gasteiger partial charge in [0.15, 0.2) is 5.11 Å². The lowest BCUT2D eigenvalue weighted by atomic mass is 10.0. The number of non-ortho nitro benzene ring substituents is 1. The maximum Gasteiger partial charge on any atom is 0.270 e. The molecule has 0 radical (unpaired) electrons. The highest BCUT2D eigenvalue weighted by molar-refractivity contribution is 7.80. The minimum absolute atomic E-state index is 0.0265. The van der Waals surface area contributed by atoms with Crippen molar-refractivity contribution in [3.63, 3.8) is 0 Å². The van der Waals surface area contributed by atoms with Crippen molar-refractivity contribution in [1.29, 1.82) is 0 Å². The van der Waals surface area contributed by atoms with Crippen LogP contribution in [0.4, 0.5) is 11.4 Å². The quantitative estimate of drug-likeness (QED) is 0.398. The number of nitro groups is 1. The molecule has 3 rings (SSSR count). The van der Waals surface area contributed by atoms with Gasteiger partial charge in [-0.2, -0.15) is 0 Å². The van der Waals surface area contributed by atoms with E-state index in [0.29, 0.717) is 42.5 Å². The number of ether oxygens (including phenoxy) is 2.